The van der Waals surface area contributed by atoms with Gasteiger partial charge >= 0.3 is 6.47 Å². The van der Waals surface area contributed by atoms with Gasteiger partial charge in [0.2, 0.25) is 5.95 Å². The standard InChI is InChI=1S/C13H18N5O2/c1-4-5-6-10(20-8-19)12-15-9-7-14-13(18(2)3)17-11(9)16-12/h7,10H,4-6H2,1-3H3,(H,14,15,16,17). The molecular weight excluding hydrogens is 258 g/mol. The van der Waals surface area contributed by atoms with Gasteiger partial charge in [0.05, 0.1) is 6.20 Å². The van der Waals surface area contributed by atoms with E-state index in [0.29, 0.717) is 23.8 Å². The number of ether oxygens (including phenoxy) is 1. The Hall–Kier alpha value is -2.18. The highest BCUT2D eigenvalue weighted by Gasteiger charge is 2.18. The van der Waals surface area contributed by atoms with Crippen molar-refractivity contribution in [2.45, 2.75) is 32.3 Å². The normalized spacial score (nSPS) is 12.3. The SMILES string of the molecule is CCCCC(O[C]=O)c1nc2nc(N(C)C)ncc2[nH]1. The lowest BCUT2D eigenvalue weighted by molar-refractivity contribution is 0.159. The van der Waals surface area contributed by atoms with Crippen LogP contribution >= 0.6 is 0 Å². The molecule has 20 heavy (non-hydrogen) atoms. The monoisotopic (exact) mass is 276 g/mol. The van der Waals surface area contributed by atoms with E-state index in [1.54, 1.807) is 11.1 Å². The summed E-state index contributed by atoms with van der Waals surface area (Å²) in [6.07, 6.45) is 3.93. The number of aromatic nitrogens is 4. The van der Waals surface area contributed by atoms with Crippen molar-refractivity contribution in [1.82, 2.24) is 19.9 Å². The van der Waals surface area contributed by atoms with Crippen LogP contribution in [0.4, 0.5) is 5.95 Å². The minimum atomic E-state index is -0.413. The maximum absolute atomic E-state index is 10.5. The zero-order valence-electron chi connectivity index (χ0n) is 11.9. The van der Waals surface area contributed by atoms with Gasteiger partial charge in [0.15, 0.2) is 17.6 Å². The zero-order valence-corrected chi connectivity index (χ0v) is 11.9. The summed E-state index contributed by atoms with van der Waals surface area (Å²) in [5, 5.41) is 0. The molecule has 2 aromatic heterocycles. The first-order valence-corrected chi connectivity index (χ1v) is 6.58. The van der Waals surface area contributed by atoms with E-state index < -0.39 is 6.10 Å². The summed E-state index contributed by atoms with van der Waals surface area (Å²) in [4.78, 5) is 28.3. The maximum atomic E-state index is 10.5. The van der Waals surface area contributed by atoms with Gasteiger partial charge in [-0.2, -0.15) is 4.98 Å². The topological polar surface area (TPSA) is 84.0 Å². The van der Waals surface area contributed by atoms with Crippen LogP contribution in [0.5, 0.6) is 0 Å². The molecule has 1 atom stereocenters. The van der Waals surface area contributed by atoms with Crippen molar-refractivity contribution in [2.75, 3.05) is 19.0 Å². The Morgan fingerprint density at radius 2 is 2.25 bits per heavy atom. The molecule has 1 unspecified atom stereocenters. The van der Waals surface area contributed by atoms with Crippen molar-refractivity contribution >= 4 is 23.6 Å². The maximum Gasteiger partial charge on any atom is 0.418 e. The molecule has 0 amide bonds. The van der Waals surface area contributed by atoms with E-state index in [4.69, 9.17) is 4.74 Å². The summed E-state index contributed by atoms with van der Waals surface area (Å²) in [5.41, 5.74) is 1.29. The minimum Gasteiger partial charge on any atom is -0.446 e. The average molecular weight is 276 g/mol. The summed E-state index contributed by atoms with van der Waals surface area (Å²) in [6.45, 7) is 3.57. The molecule has 2 aromatic rings. The van der Waals surface area contributed by atoms with E-state index in [1.807, 2.05) is 14.1 Å². The molecule has 7 nitrogen and oxygen atoms in total. The molecule has 0 aliphatic carbocycles. The highest BCUT2D eigenvalue weighted by molar-refractivity contribution is 5.70. The lowest BCUT2D eigenvalue weighted by Gasteiger charge is -2.10. The van der Waals surface area contributed by atoms with Crippen LogP contribution in [0.1, 0.15) is 38.1 Å². The Labute approximate surface area is 117 Å². The Bertz CT molecular complexity index is 581. The molecule has 0 aromatic carbocycles. The van der Waals surface area contributed by atoms with Gasteiger partial charge in [0, 0.05) is 14.1 Å². The number of rotatable bonds is 7. The van der Waals surface area contributed by atoms with Gasteiger partial charge in [-0.15, -0.1) is 0 Å². The number of unbranched alkanes of at least 4 members (excludes halogenated alkanes) is 1. The van der Waals surface area contributed by atoms with Crippen molar-refractivity contribution in [3.8, 4) is 0 Å². The number of imidazole rings is 1. The summed E-state index contributed by atoms with van der Waals surface area (Å²) < 4.78 is 4.98. The number of hydrogen-bond donors (Lipinski definition) is 1. The summed E-state index contributed by atoms with van der Waals surface area (Å²) in [7, 11) is 3.73. The van der Waals surface area contributed by atoms with E-state index in [2.05, 4.69) is 26.9 Å². The van der Waals surface area contributed by atoms with E-state index in [1.165, 1.54) is 6.47 Å². The third kappa shape index (κ3) is 3.04. The molecule has 0 aliphatic rings. The first kappa shape index (κ1) is 14.2. The van der Waals surface area contributed by atoms with Gasteiger partial charge in [0.1, 0.15) is 5.52 Å². The molecule has 0 saturated heterocycles. The van der Waals surface area contributed by atoms with Crippen LogP contribution in [0.15, 0.2) is 6.20 Å². The molecule has 2 rings (SSSR count). The number of fused-ring (bicyclic) bond motifs is 1. The van der Waals surface area contributed by atoms with Crippen LogP contribution < -0.4 is 4.90 Å². The van der Waals surface area contributed by atoms with Crippen LogP contribution in [0.25, 0.3) is 11.2 Å². The summed E-state index contributed by atoms with van der Waals surface area (Å²) in [5.74, 6) is 1.17. The van der Waals surface area contributed by atoms with Crippen molar-refractivity contribution in [2.24, 2.45) is 0 Å². The number of carbonyl (C=O) groups excluding carboxylic acids is 1. The highest BCUT2D eigenvalue weighted by Crippen LogP contribution is 2.22. The summed E-state index contributed by atoms with van der Waals surface area (Å²) in [6, 6.07) is 0. The van der Waals surface area contributed by atoms with E-state index in [9.17, 15) is 4.79 Å². The molecule has 0 fully saturated rings. The molecule has 1 radical (unpaired) electrons. The van der Waals surface area contributed by atoms with Gasteiger partial charge in [0.25, 0.3) is 0 Å². The van der Waals surface area contributed by atoms with Crippen LogP contribution in [-0.4, -0.2) is 40.5 Å². The van der Waals surface area contributed by atoms with Gasteiger partial charge in [-0.05, 0) is 12.8 Å². The van der Waals surface area contributed by atoms with Crippen LogP contribution in [0.2, 0.25) is 0 Å². The van der Waals surface area contributed by atoms with Crippen molar-refractivity contribution in [3.63, 3.8) is 0 Å². The van der Waals surface area contributed by atoms with Crippen LogP contribution in [0.3, 0.4) is 0 Å². The minimum absolute atomic E-state index is 0.413. The fraction of sp³-hybridized carbons (Fsp3) is 0.538. The Kier molecular flexibility index (Phi) is 4.49. The molecule has 0 bridgehead atoms. The first-order valence-electron chi connectivity index (χ1n) is 6.58. The average Bonchev–Trinajstić information content (AvgIpc) is 2.85. The quantitative estimate of drug-likeness (QED) is 0.829. The third-order valence-corrected chi connectivity index (χ3v) is 2.96. The van der Waals surface area contributed by atoms with Gasteiger partial charge < -0.3 is 14.6 Å². The van der Waals surface area contributed by atoms with Gasteiger partial charge in [-0.1, -0.05) is 13.3 Å². The van der Waals surface area contributed by atoms with Crippen LogP contribution in [0, 0.1) is 0 Å². The number of hydrogen-bond acceptors (Lipinski definition) is 6. The summed E-state index contributed by atoms with van der Waals surface area (Å²) >= 11 is 0. The fourth-order valence-corrected chi connectivity index (χ4v) is 1.88. The zero-order chi connectivity index (χ0) is 14.5. The lowest BCUT2D eigenvalue weighted by atomic mass is 10.1. The smallest absolute Gasteiger partial charge is 0.418 e. The van der Waals surface area contributed by atoms with Crippen molar-refractivity contribution in [3.05, 3.63) is 12.0 Å². The highest BCUT2D eigenvalue weighted by atomic mass is 16.5. The Balaban J connectivity index is 2.30. The van der Waals surface area contributed by atoms with Crippen LogP contribution in [-0.2, 0) is 9.53 Å². The van der Waals surface area contributed by atoms with E-state index in [0.717, 1.165) is 18.4 Å². The fourth-order valence-electron chi connectivity index (χ4n) is 1.88. The molecule has 2 heterocycles. The van der Waals surface area contributed by atoms with E-state index in [-0.39, 0.29) is 0 Å². The van der Waals surface area contributed by atoms with Gasteiger partial charge in [-0.25, -0.2) is 14.8 Å². The molecular formula is C13H18N5O2. The molecule has 1 N–H and O–H groups in total. The molecule has 7 heteroatoms. The second kappa shape index (κ2) is 6.31. The van der Waals surface area contributed by atoms with Crippen molar-refractivity contribution in [1.29, 1.82) is 0 Å². The number of nitrogens with zero attached hydrogens (tertiary/aromatic N) is 4. The molecule has 0 spiro atoms. The molecule has 0 saturated carbocycles. The van der Waals surface area contributed by atoms with Crippen molar-refractivity contribution < 1.29 is 9.53 Å². The Morgan fingerprint density at radius 1 is 1.45 bits per heavy atom. The van der Waals surface area contributed by atoms with Gasteiger partial charge in [-0.3, -0.25) is 0 Å². The first-order chi connectivity index (χ1) is 9.65. The largest absolute Gasteiger partial charge is 0.446 e. The number of aromatic amines is 1. The third-order valence-electron chi connectivity index (χ3n) is 2.96. The Morgan fingerprint density at radius 3 is 2.90 bits per heavy atom. The molecule has 0 aliphatic heterocycles. The predicted octanol–water partition coefficient (Wildman–Crippen LogP) is 1.73. The predicted molar refractivity (Wildman–Crippen MR) is 75.1 cm³/mol. The molecule has 107 valence electrons. The second-order valence-corrected chi connectivity index (χ2v) is 4.76. The number of anilines is 1. The second-order valence-electron chi connectivity index (χ2n) is 4.76. The lowest BCUT2D eigenvalue weighted by Crippen LogP contribution is -2.12. The number of nitrogens with one attached hydrogen (secondary N) is 1. The number of H-pyrrole nitrogens is 1. The van der Waals surface area contributed by atoms with E-state index >= 15 is 0 Å².